The van der Waals surface area contributed by atoms with Gasteiger partial charge in [0.15, 0.2) is 6.29 Å². The van der Waals surface area contributed by atoms with Crippen molar-refractivity contribution in [2.24, 2.45) is 17.8 Å². The third kappa shape index (κ3) is 14.6. The van der Waals surface area contributed by atoms with E-state index in [-0.39, 0.29) is 79.5 Å². The predicted molar refractivity (Wildman–Crippen MR) is 343 cm³/mol. The Morgan fingerprint density at radius 1 is 0.558 bits per heavy atom. The van der Waals surface area contributed by atoms with Crippen LogP contribution in [0.25, 0.3) is 0 Å². The summed E-state index contributed by atoms with van der Waals surface area (Å²) < 4.78 is 76.2. The summed E-state index contributed by atoms with van der Waals surface area (Å²) in [5, 5.41) is 3.44. The second kappa shape index (κ2) is 28.0. The van der Waals surface area contributed by atoms with Crippen molar-refractivity contribution in [2.75, 3.05) is 40.3 Å². The van der Waals surface area contributed by atoms with E-state index in [9.17, 15) is 18.9 Å². The molecular weight excluding hydrogens is 1140 g/mol. The summed E-state index contributed by atoms with van der Waals surface area (Å²) in [6.07, 6.45) is -4.02. The smallest absolute Gasteiger partial charge is 0.338 e. The molecule has 0 aliphatic carbocycles. The number of methoxy groups -OCH3 is 2. The Labute approximate surface area is 513 Å². The van der Waals surface area contributed by atoms with Gasteiger partial charge >= 0.3 is 5.97 Å². The Morgan fingerprint density at radius 3 is 1.51 bits per heavy atom. The number of hydrogen-bond donors (Lipinski definition) is 0. The molecule has 0 N–H and O–H groups in total. The molecule has 2 unspecified atom stereocenters. The third-order valence-corrected chi connectivity index (χ3v) is 29.5. The molecule has 4 fully saturated rings. The van der Waals surface area contributed by atoms with Crippen molar-refractivity contribution >= 4 is 62.1 Å². The van der Waals surface area contributed by atoms with Gasteiger partial charge in [0.05, 0.1) is 56.0 Å². The molecule has 13 nitrogen and oxygen atoms in total. The standard InChI is InChI=1S/C70H93O13PSi2/c1-47(45-77-68(73)49-28-18-13-19-29-49)40-59-48(2)57(60(79-59)44-62(75-9)76-10)42-50(71)41-52-38-39-58-63(78-52)67(83-86(70(6,7)8,55-34-24-16-25-35-55)56-36-26-17-27-37-56)66-65(80-58)64(61(81-66)43-51(72)46-84(11,12)74)82-85(69(3,4)5,53-30-20-14-21-31-53)54-32-22-15-23-33-54/h13-37,47-48,52,57-67H,38-46H2,1-12H3/t47-,48+,52+,57?,58-,59+,60-,61?,63-,64-,65-,66+,67-/m0/s1. The quantitative estimate of drug-likeness (QED) is 0.0236. The number of hydrogen-bond acceptors (Lipinski definition) is 13. The lowest BCUT2D eigenvalue weighted by Gasteiger charge is -2.53. The minimum Gasteiger partial charge on any atom is -0.462 e. The molecule has 86 heavy (non-hydrogen) atoms. The molecule has 16 heteroatoms. The van der Waals surface area contributed by atoms with Gasteiger partial charge in [-0.05, 0) is 93.3 Å². The second-order valence-corrected chi connectivity index (χ2v) is 39.1. The SMILES string of the molecule is COC(C[C@@H]1O[C@H](C[C@H](C)COC(=O)c2ccccc2)[C@H](C)C1CC(=O)C[C@H]1CC[C@@H]2O[C@@H]3[C@@H](OC(CC(=O)CP(C)(C)=O)[C@@H]3O[Si](c3ccccc3)(c3ccccc3)C(C)(C)C)[C@@H](O[Si](c3ccccc3)(c3ccccc3)C(C)(C)C)[C@H]2O1)OC. The summed E-state index contributed by atoms with van der Waals surface area (Å²) >= 11 is 0. The maximum absolute atomic E-state index is 14.9. The summed E-state index contributed by atoms with van der Waals surface area (Å²) in [4.78, 5) is 42.2. The number of benzene rings is 5. The first-order chi connectivity index (χ1) is 41.0. The number of rotatable bonds is 25. The highest BCUT2D eigenvalue weighted by Crippen LogP contribution is 2.49. The minimum absolute atomic E-state index is 0.00453. The summed E-state index contributed by atoms with van der Waals surface area (Å²) in [5.74, 6) is -0.617. The van der Waals surface area contributed by atoms with E-state index < -0.39 is 89.0 Å². The summed E-state index contributed by atoms with van der Waals surface area (Å²) in [6.45, 7) is 21.2. The zero-order valence-electron chi connectivity index (χ0n) is 52.6. The van der Waals surface area contributed by atoms with Crippen molar-refractivity contribution in [3.63, 3.8) is 0 Å². The number of carbonyl (C=O) groups excluding carboxylic acids is 3. The fourth-order valence-corrected chi connectivity index (χ4v) is 24.7. The average molecular weight is 1230 g/mol. The van der Waals surface area contributed by atoms with Gasteiger partial charge in [0, 0.05) is 39.9 Å². The average Bonchev–Trinajstić information content (AvgIpc) is 1.35. The Hall–Kier alpha value is -4.75. The number of carbonyl (C=O) groups is 3. The molecule has 4 saturated heterocycles. The number of ketones is 2. The molecular formula is C70H93O13PSi2. The summed E-state index contributed by atoms with van der Waals surface area (Å²) in [6, 6.07) is 51.0. The van der Waals surface area contributed by atoms with E-state index in [2.05, 4.69) is 152 Å². The molecule has 0 radical (unpaired) electrons. The largest absolute Gasteiger partial charge is 0.462 e. The van der Waals surface area contributed by atoms with Crippen LogP contribution in [-0.4, -0.2) is 142 Å². The van der Waals surface area contributed by atoms with Gasteiger partial charge in [0.2, 0.25) is 0 Å². The van der Waals surface area contributed by atoms with Crippen molar-refractivity contribution in [3.05, 3.63) is 157 Å². The topological polar surface area (TPSA) is 151 Å². The maximum atomic E-state index is 14.9. The molecule has 5 aromatic carbocycles. The van der Waals surface area contributed by atoms with E-state index in [1.54, 1.807) is 39.7 Å². The van der Waals surface area contributed by atoms with Gasteiger partial charge in [-0.25, -0.2) is 4.79 Å². The van der Waals surface area contributed by atoms with Crippen molar-refractivity contribution in [1.82, 2.24) is 0 Å². The minimum atomic E-state index is -3.40. The Bertz CT molecular complexity index is 2960. The maximum Gasteiger partial charge on any atom is 0.338 e. The number of esters is 1. The Morgan fingerprint density at radius 2 is 1.03 bits per heavy atom. The van der Waals surface area contributed by atoms with Gasteiger partial charge in [-0.3, -0.25) is 9.59 Å². The lowest BCUT2D eigenvalue weighted by Crippen LogP contribution is -2.73. The molecule has 4 heterocycles. The van der Waals surface area contributed by atoms with Crippen LogP contribution >= 0.6 is 7.14 Å². The van der Waals surface area contributed by atoms with Crippen LogP contribution in [-0.2, 0) is 56.2 Å². The highest BCUT2D eigenvalue weighted by Gasteiger charge is 2.65. The van der Waals surface area contributed by atoms with Crippen LogP contribution in [0.3, 0.4) is 0 Å². The first kappa shape index (κ1) is 65.7. The Kier molecular flexibility index (Phi) is 21.4. The van der Waals surface area contributed by atoms with Gasteiger partial charge in [0.1, 0.15) is 42.1 Å². The highest BCUT2D eigenvalue weighted by molar-refractivity contribution is 7.63. The molecule has 9 rings (SSSR count). The lowest BCUT2D eigenvalue weighted by atomic mass is 9.80. The molecule has 13 atom stereocenters. The first-order valence-corrected chi connectivity index (χ1v) is 37.6. The number of fused-ring (bicyclic) bond motifs is 2. The fourth-order valence-electron chi connectivity index (χ4n) is 14.3. The summed E-state index contributed by atoms with van der Waals surface area (Å²) in [5.41, 5.74) is 0.506. The summed E-state index contributed by atoms with van der Waals surface area (Å²) in [7, 11) is -6.30. The molecule has 4 aliphatic heterocycles. The van der Waals surface area contributed by atoms with E-state index in [1.165, 1.54) is 0 Å². The third-order valence-electron chi connectivity index (χ3n) is 18.4. The normalized spacial score (nSPS) is 26.6. The number of Topliss-reactive ketones (excluding diaryl/α,β-unsaturated/α-hetero) is 2. The van der Waals surface area contributed by atoms with Gasteiger partial charge in [0.25, 0.3) is 16.6 Å². The molecule has 0 spiro atoms. The van der Waals surface area contributed by atoms with Gasteiger partial charge in [-0.1, -0.05) is 195 Å². The molecule has 0 amide bonds. The Balaban J connectivity index is 1.07. The number of ether oxygens (including phenoxy) is 7. The first-order valence-electron chi connectivity index (χ1n) is 31.0. The van der Waals surface area contributed by atoms with E-state index >= 15 is 0 Å². The van der Waals surface area contributed by atoms with Crippen LogP contribution in [0.4, 0.5) is 0 Å². The second-order valence-electron chi connectivity index (χ2n) is 27.2. The van der Waals surface area contributed by atoms with Crippen LogP contribution in [0.15, 0.2) is 152 Å². The van der Waals surface area contributed by atoms with E-state index in [0.717, 1.165) is 20.7 Å². The van der Waals surface area contributed by atoms with Crippen LogP contribution in [0, 0.1) is 17.8 Å². The molecule has 0 saturated carbocycles. The van der Waals surface area contributed by atoms with Crippen LogP contribution in [0.5, 0.6) is 0 Å². The van der Waals surface area contributed by atoms with Gasteiger partial charge < -0.3 is 46.6 Å². The molecule has 0 bridgehead atoms. The van der Waals surface area contributed by atoms with Crippen molar-refractivity contribution in [3.8, 4) is 0 Å². The zero-order chi connectivity index (χ0) is 61.6. The predicted octanol–water partition coefficient (Wildman–Crippen LogP) is 10.8. The van der Waals surface area contributed by atoms with Gasteiger partial charge in [-0.15, -0.1) is 0 Å². The molecule has 5 aromatic rings. The van der Waals surface area contributed by atoms with Crippen LogP contribution in [0.1, 0.15) is 111 Å². The zero-order valence-corrected chi connectivity index (χ0v) is 55.5. The van der Waals surface area contributed by atoms with E-state index in [4.69, 9.17) is 42.0 Å². The molecule has 0 aromatic heterocycles. The van der Waals surface area contributed by atoms with E-state index in [1.807, 2.05) is 42.5 Å². The van der Waals surface area contributed by atoms with Gasteiger partial charge in [-0.2, -0.15) is 0 Å². The van der Waals surface area contributed by atoms with Crippen molar-refractivity contribution in [2.45, 2.75) is 178 Å². The highest BCUT2D eigenvalue weighted by atomic mass is 31.2. The molecule has 4 aliphatic rings. The van der Waals surface area contributed by atoms with Crippen LogP contribution in [0.2, 0.25) is 10.1 Å². The van der Waals surface area contributed by atoms with E-state index in [0.29, 0.717) is 31.2 Å². The lowest BCUT2D eigenvalue weighted by molar-refractivity contribution is -0.254. The van der Waals surface area contributed by atoms with Crippen LogP contribution < -0.4 is 20.7 Å². The fraction of sp³-hybridized carbons (Fsp3) is 0.529. The molecule has 464 valence electrons. The van der Waals surface area contributed by atoms with Crippen molar-refractivity contribution < 1.29 is 61.0 Å². The monoisotopic (exact) mass is 1230 g/mol. The van der Waals surface area contributed by atoms with Crippen molar-refractivity contribution in [1.29, 1.82) is 0 Å².